The first kappa shape index (κ1) is 20.3. The van der Waals surface area contributed by atoms with Crippen molar-refractivity contribution in [2.75, 3.05) is 13.6 Å². The van der Waals surface area contributed by atoms with Crippen LogP contribution in [-0.2, 0) is 12.7 Å². The molecule has 0 aliphatic rings. The molecule has 24 heavy (non-hydrogen) atoms. The fourth-order valence-corrected chi connectivity index (χ4v) is 2.04. The molecule has 0 unspecified atom stereocenters. The summed E-state index contributed by atoms with van der Waals surface area (Å²) >= 11 is 5.84. The molecule has 2 heterocycles. The molecule has 0 radical (unpaired) electrons. The SMILES string of the molecule is C#CCNC(=NC)NCc1nnc2c(Cl)cc(C(F)(F)F)cn12.I. The first-order chi connectivity index (χ1) is 10.9. The molecule has 0 fully saturated rings. The van der Waals surface area contributed by atoms with Crippen molar-refractivity contribution in [3.05, 3.63) is 28.7 Å². The van der Waals surface area contributed by atoms with Gasteiger partial charge in [0.05, 0.1) is 23.7 Å². The molecule has 0 bridgehead atoms. The molecular formula is C13H13ClF3IN6. The third kappa shape index (κ3) is 4.64. The molecule has 0 aliphatic heterocycles. The molecule has 0 saturated heterocycles. The van der Waals surface area contributed by atoms with Crippen LogP contribution in [0.2, 0.25) is 5.02 Å². The number of hydrogen-bond acceptors (Lipinski definition) is 3. The number of alkyl halides is 3. The second kappa shape index (κ2) is 8.39. The van der Waals surface area contributed by atoms with Crippen molar-refractivity contribution in [1.29, 1.82) is 0 Å². The van der Waals surface area contributed by atoms with E-state index in [4.69, 9.17) is 18.0 Å². The second-order valence-electron chi connectivity index (χ2n) is 4.37. The van der Waals surface area contributed by atoms with Gasteiger partial charge in [-0.2, -0.15) is 13.2 Å². The topological polar surface area (TPSA) is 66.6 Å². The molecule has 0 aromatic carbocycles. The maximum absolute atomic E-state index is 12.9. The van der Waals surface area contributed by atoms with Gasteiger partial charge in [-0.3, -0.25) is 9.39 Å². The molecule has 2 rings (SSSR count). The lowest BCUT2D eigenvalue weighted by Gasteiger charge is -2.10. The predicted octanol–water partition coefficient (Wildman–Crippen LogP) is 2.32. The van der Waals surface area contributed by atoms with Crippen molar-refractivity contribution in [1.82, 2.24) is 25.2 Å². The minimum Gasteiger partial charge on any atom is -0.349 e. The minimum absolute atomic E-state index is 0. The Hall–Kier alpha value is -1.74. The van der Waals surface area contributed by atoms with Gasteiger partial charge in [0.25, 0.3) is 0 Å². The largest absolute Gasteiger partial charge is 0.417 e. The standard InChI is InChI=1S/C13H12ClF3N6.HI/c1-3-4-19-12(18-2)20-6-10-21-22-11-9(14)5-8(7-23(10)11)13(15,16)17;/h1,5,7H,4,6H2,2H3,(H2,18,19,20);1H. The van der Waals surface area contributed by atoms with E-state index in [0.29, 0.717) is 5.96 Å². The van der Waals surface area contributed by atoms with Gasteiger partial charge in [0.2, 0.25) is 0 Å². The monoisotopic (exact) mass is 472 g/mol. The van der Waals surface area contributed by atoms with E-state index >= 15 is 0 Å². The summed E-state index contributed by atoms with van der Waals surface area (Å²) in [6.07, 6.45) is 1.51. The molecule has 0 atom stereocenters. The average molecular weight is 473 g/mol. The van der Waals surface area contributed by atoms with Gasteiger partial charge in [-0.15, -0.1) is 40.6 Å². The maximum Gasteiger partial charge on any atom is 0.417 e. The summed E-state index contributed by atoms with van der Waals surface area (Å²) in [6.45, 7) is 0.341. The van der Waals surface area contributed by atoms with Gasteiger partial charge in [-0.1, -0.05) is 17.5 Å². The van der Waals surface area contributed by atoms with Gasteiger partial charge in [0, 0.05) is 13.2 Å². The number of rotatable bonds is 3. The number of aromatic nitrogens is 3. The first-order valence-corrected chi connectivity index (χ1v) is 6.73. The fourth-order valence-electron chi connectivity index (χ4n) is 1.79. The van der Waals surface area contributed by atoms with Gasteiger partial charge in [-0.05, 0) is 6.07 Å². The maximum atomic E-state index is 12.9. The van der Waals surface area contributed by atoms with Crippen LogP contribution >= 0.6 is 35.6 Å². The van der Waals surface area contributed by atoms with Gasteiger partial charge in [0.15, 0.2) is 17.4 Å². The Morgan fingerprint density at radius 3 is 2.71 bits per heavy atom. The van der Waals surface area contributed by atoms with E-state index in [2.05, 4.69) is 31.7 Å². The Kier molecular flexibility index (Phi) is 7.09. The van der Waals surface area contributed by atoms with Crippen molar-refractivity contribution in [2.45, 2.75) is 12.7 Å². The van der Waals surface area contributed by atoms with E-state index in [1.54, 1.807) is 0 Å². The summed E-state index contributed by atoms with van der Waals surface area (Å²) in [5, 5.41) is 13.2. The van der Waals surface area contributed by atoms with Crippen molar-refractivity contribution in [2.24, 2.45) is 4.99 Å². The lowest BCUT2D eigenvalue weighted by atomic mass is 10.3. The van der Waals surface area contributed by atoms with Gasteiger partial charge in [-0.25, -0.2) is 0 Å². The number of guanidine groups is 1. The number of nitrogens with zero attached hydrogens (tertiary/aromatic N) is 4. The van der Waals surface area contributed by atoms with Crippen LogP contribution in [0.3, 0.4) is 0 Å². The van der Waals surface area contributed by atoms with Crippen LogP contribution in [-0.4, -0.2) is 34.2 Å². The average Bonchev–Trinajstić information content (AvgIpc) is 2.90. The molecule has 6 nitrogen and oxygen atoms in total. The normalized spacial score (nSPS) is 11.8. The number of halogens is 5. The van der Waals surface area contributed by atoms with Crippen LogP contribution in [0.25, 0.3) is 5.65 Å². The quantitative estimate of drug-likeness (QED) is 0.311. The molecule has 0 saturated carbocycles. The van der Waals surface area contributed by atoms with Gasteiger partial charge < -0.3 is 10.6 Å². The smallest absolute Gasteiger partial charge is 0.349 e. The molecule has 0 aliphatic carbocycles. The Labute approximate surface area is 157 Å². The molecule has 2 N–H and O–H groups in total. The number of terminal acetylenes is 1. The Morgan fingerprint density at radius 2 is 2.12 bits per heavy atom. The summed E-state index contributed by atoms with van der Waals surface area (Å²) in [5.41, 5.74) is -0.742. The summed E-state index contributed by atoms with van der Waals surface area (Å²) in [5.74, 6) is 3.01. The molecule has 11 heteroatoms. The van der Waals surface area contributed by atoms with Crippen LogP contribution in [0.15, 0.2) is 17.3 Å². The van der Waals surface area contributed by atoms with Crippen molar-refractivity contribution in [3.63, 3.8) is 0 Å². The van der Waals surface area contributed by atoms with Crippen LogP contribution in [0.5, 0.6) is 0 Å². The third-order valence-electron chi connectivity index (χ3n) is 2.85. The van der Waals surface area contributed by atoms with Gasteiger partial charge >= 0.3 is 6.18 Å². The minimum atomic E-state index is -4.52. The van der Waals surface area contributed by atoms with Crippen molar-refractivity contribution >= 4 is 47.2 Å². The number of nitrogens with one attached hydrogen (secondary N) is 2. The highest BCUT2D eigenvalue weighted by molar-refractivity contribution is 14.0. The van der Waals surface area contributed by atoms with Gasteiger partial charge in [0.1, 0.15) is 0 Å². The van der Waals surface area contributed by atoms with Crippen molar-refractivity contribution in [3.8, 4) is 12.3 Å². The van der Waals surface area contributed by atoms with Crippen molar-refractivity contribution < 1.29 is 13.2 Å². The van der Waals surface area contributed by atoms with Crippen LogP contribution < -0.4 is 10.6 Å². The van der Waals surface area contributed by atoms with Crippen LogP contribution in [0.1, 0.15) is 11.4 Å². The first-order valence-electron chi connectivity index (χ1n) is 6.35. The molecule has 130 valence electrons. The van der Waals surface area contributed by atoms with E-state index in [1.807, 2.05) is 0 Å². The Morgan fingerprint density at radius 1 is 1.42 bits per heavy atom. The van der Waals surface area contributed by atoms with E-state index in [9.17, 15) is 13.2 Å². The molecular weight excluding hydrogens is 460 g/mol. The van der Waals surface area contributed by atoms with Crippen LogP contribution in [0, 0.1) is 12.3 Å². The van der Waals surface area contributed by atoms with E-state index in [0.717, 1.165) is 12.3 Å². The molecule has 2 aromatic heterocycles. The number of aliphatic imine (C=N–C) groups is 1. The molecule has 2 aromatic rings. The highest BCUT2D eigenvalue weighted by Gasteiger charge is 2.32. The lowest BCUT2D eigenvalue weighted by molar-refractivity contribution is -0.137. The number of pyridine rings is 1. The zero-order valence-electron chi connectivity index (χ0n) is 12.4. The summed E-state index contributed by atoms with van der Waals surface area (Å²) in [6, 6.07) is 0.816. The highest BCUT2D eigenvalue weighted by atomic mass is 127. The molecule has 0 amide bonds. The molecule has 0 spiro atoms. The van der Waals surface area contributed by atoms with E-state index in [1.165, 1.54) is 11.4 Å². The Balaban J connectivity index is 0.00000288. The summed E-state index contributed by atoms with van der Waals surface area (Å²) in [4.78, 5) is 3.91. The van der Waals surface area contributed by atoms with E-state index < -0.39 is 11.7 Å². The van der Waals surface area contributed by atoms with E-state index in [-0.39, 0.29) is 53.6 Å². The lowest BCUT2D eigenvalue weighted by Crippen LogP contribution is -2.37. The highest BCUT2D eigenvalue weighted by Crippen LogP contribution is 2.32. The number of fused-ring (bicyclic) bond motifs is 1. The summed E-state index contributed by atoms with van der Waals surface area (Å²) < 4.78 is 39.8. The zero-order valence-corrected chi connectivity index (χ0v) is 15.4. The Bertz CT molecular complexity index is 780. The second-order valence-corrected chi connectivity index (χ2v) is 4.77. The zero-order chi connectivity index (χ0) is 17.0. The summed E-state index contributed by atoms with van der Waals surface area (Å²) in [7, 11) is 1.53. The predicted molar refractivity (Wildman–Crippen MR) is 95.4 cm³/mol. The fraction of sp³-hybridized carbons (Fsp3) is 0.308. The third-order valence-corrected chi connectivity index (χ3v) is 3.13. The van der Waals surface area contributed by atoms with Crippen LogP contribution in [0.4, 0.5) is 13.2 Å². The number of hydrogen-bond donors (Lipinski definition) is 2.